The van der Waals surface area contributed by atoms with Gasteiger partial charge in [-0.25, -0.2) is 0 Å². The Morgan fingerprint density at radius 1 is 1.31 bits per heavy atom. The summed E-state index contributed by atoms with van der Waals surface area (Å²) in [6.07, 6.45) is 6.81. The zero-order valence-electron chi connectivity index (χ0n) is 15.0. The van der Waals surface area contributed by atoms with E-state index in [0.717, 1.165) is 42.8 Å². The van der Waals surface area contributed by atoms with E-state index >= 15 is 0 Å². The van der Waals surface area contributed by atoms with E-state index in [2.05, 4.69) is 36.9 Å². The third-order valence-corrected chi connectivity index (χ3v) is 5.42. The largest absolute Gasteiger partial charge is 0.366 e. The number of nitrogens with zero attached hydrogens (tertiary/aromatic N) is 2. The Kier molecular flexibility index (Phi) is 4.11. The van der Waals surface area contributed by atoms with Crippen LogP contribution in [0.3, 0.4) is 0 Å². The molecular formula is C22H23N3O. The highest BCUT2D eigenvalue weighted by Crippen LogP contribution is 2.37. The highest BCUT2D eigenvalue weighted by molar-refractivity contribution is 6.10. The predicted molar refractivity (Wildman–Crippen MR) is 105 cm³/mol. The number of amides is 1. The lowest BCUT2D eigenvalue weighted by molar-refractivity contribution is -0.114. The van der Waals surface area contributed by atoms with Crippen LogP contribution in [-0.4, -0.2) is 17.4 Å². The summed E-state index contributed by atoms with van der Waals surface area (Å²) in [7, 11) is 0. The Morgan fingerprint density at radius 3 is 2.62 bits per heavy atom. The zero-order valence-corrected chi connectivity index (χ0v) is 15.0. The lowest BCUT2D eigenvalue weighted by atomic mass is 9.92. The van der Waals surface area contributed by atoms with Crippen molar-refractivity contribution in [3.8, 4) is 0 Å². The lowest BCUT2D eigenvalue weighted by Gasteiger charge is -2.29. The van der Waals surface area contributed by atoms with Crippen LogP contribution >= 0.6 is 0 Å². The molecular weight excluding hydrogens is 322 g/mol. The van der Waals surface area contributed by atoms with Gasteiger partial charge in [-0.1, -0.05) is 30.8 Å². The second kappa shape index (κ2) is 6.45. The monoisotopic (exact) mass is 345 g/mol. The fourth-order valence-corrected chi connectivity index (χ4v) is 4.09. The number of hydrogen-bond donors (Lipinski definition) is 1. The smallest absolute Gasteiger partial charge is 0.250 e. The Morgan fingerprint density at radius 2 is 2.00 bits per heavy atom. The molecule has 1 aliphatic heterocycles. The molecule has 1 amide bonds. The number of aromatic nitrogens is 1. The maximum atomic E-state index is 11.8. The predicted octanol–water partition coefficient (Wildman–Crippen LogP) is 3.26. The first-order valence-corrected chi connectivity index (χ1v) is 9.10. The van der Waals surface area contributed by atoms with E-state index in [1.54, 1.807) is 6.20 Å². The number of rotatable bonds is 4. The summed E-state index contributed by atoms with van der Waals surface area (Å²) in [5.74, 6) is 0.131. The van der Waals surface area contributed by atoms with Gasteiger partial charge in [0.1, 0.15) is 0 Å². The molecule has 2 aliphatic rings. The second-order valence-electron chi connectivity index (χ2n) is 7.11. The number of nitrogens with two attached hydrogens (primary N) is 1. The normalized spacial score (nSPS) is 16.3. The summed E-state index contributed by atoms with van der Waals surface area (Å²) in [6.45, 7) is 6.89. The molecule has 0 radical (unpaired) electrons. The standard InChI is InChI=1S/C22H23N3O/c1-3-25-13-20(22(23)26)14(2)19-11-18(24-12-21(19)25)10-15-8-16-6-4-5-7-17(16)9-15/h4-7,11-13,15H,2-3,8-10H2,1H3,(H2,23,26). The molecule has 0 spiro atoms. The molecule has 0 fully saturated rings. The van der Waals surface area contributed by atoms with Crippen molar-refractivity contribution in [2.75, 3.05) is 11.4 Å². The Hall–Kier alpha value is -2.88. The van der Waals surface area contributed by atoms with E-state index in [9.17, 15) is 4.79 Å². The fraction of sp³-hybridized carbons (Fsp3) is 0.273. The van der Waals surface area contributed by atoms with Gasteiger partial charge in [0.15, 0.2) is 0 Å². The molecule has 0 unspecified atom stereocenters. The molecule has 0 atom stereocenters. The molecule has 0 saturated heterocycles. The molecule has 1 aliphatic carbocycles. The highest BCUT2D eigenvalue weighted by Gasteiger charge is 2.26. The first kappa shape index (κ1) is 16.6. The van der Waals surface area contributed by atoms with Crippen molar-refractivity contribution in [1.82, 2.24) is 4.98 Å². The van der Waals surface area contributed by atoms with E-state index in [-0.39, 0.29) is 0 Å². The summed E-state index contributed by atoms with van der Waals surface area (Å²) >= 11 is 0. The first-order chi connectivity index (χ1) is 12.6. The summed E-state index contributed by atoms with van der Waals surface area (Å²) in [6, 6.07) is 10.7. The van der Waals surface area contributed by atoms with Crippen LogP contribution in [0.25, 0.3) is 5.57 Å². The van der Waals surface area contributed by atoms with Gasteiger partial charge in [0.2, 0.25) is 0 Å². The maximum Gasteiger partial charge on any atom is 0.250 e. The van der Waals surface area contributed by atoms with Gasteiger partial charge < -0.3 is 10.6 Å². The van der Waals surface area contributed by atoms with Gasteiger partial charge in [-0.15, -0.1) is 0 Å². The van der Waals surface area contributed by atoms with Crippen molar-refractivity contribution < 1.29 is 4.79 Å². The molecule has 0 bridgehead atoms. The van der Waals surface area contributed by atoms with Crippen LogP contribution in [-0.2, 0) is 24.1 Å². The number of hydrogen-bond acceptors (Lipinski definition) is 3. The topological polar surface area (TPSA) is 59.2 Å². The van der Waals surface area contributed by atoms with Crippen LogP contribution in [0.5, 0.6) is 0 Å². The minimum absolute atomic E-state index is 0.441. The zero-order chi connectivity index (χ0) is 18.3. The van der Waals surface area contributed by atoms with E-state index in [1.807, 2.05) is 18.0 Å². The van der Waals surface area contributed by atoms with Crippen LogP contribution in [0.1, 0.15) is 29.3 Å². The van der Waals surface area contributed by atoms with E-state index in [1.165, 1.54) is 11.1 Å². The van der Waals surface area contributed by atoms with Crippen LogP contribution in [0.2, 0.25) is 0 Å². The minimum atomic E-state index is -0.441. The average molecular weight is 345 g/mol. The van der Waals surface area contributed by atoms with Crippen molar-refractivity contribution in [2.45, 2.75) is 26.2 Å². The number of fused-ring (bicyclic) bond motifs is 2. The van der Waals surface area contributed by atoms with Gasteiger partial charge in [-0.05, 0) is 54.9 Å². The first-order valence-electron chi connectivity index (χ1n) is 9.10. The quantitative estimate of drug-likeness (QED) is 0.925. The summed E-state index contributed by atoms with van der Waals surface area (Å²) < 4.78 is 0. The van der Waals surface area contributed by atoms with Crippen LogP contribution in [0.15, 0.2) is 54.9 Å². The number of benzene rings is 1. The maximum absolute atomic E-state index is 11.8. The summed E-state index contributed by atoms with van der Waals surface area (Å²) in [5.41, 5.74) is 12.6. The van der Waals surface area contributed by atoms with E-state index < -0.39 is 5.91 Å². The number of carbonyl (C=O) groups excluding carboxylic acids is 1. The molecule has 1 aromatic carbocycles. The minimum Gasteiger partial charge on any atom is -0.366 e. The van der Waals surface area contributed by atoms with Crippen molar-refractivity contribution in [3.05, 3.63) is 77.3 Å². The Labute approximate surface area is 154 Å². The molecule has 4 rings (SSSR count). The third kappa shape index (κ3) is 2.81. The van der Waals surface area contributed by atoms with Gasteiger partial charge in [0, 0.05) is 24.0 Å². The molecule has 1 aromatic heterocycles. The highest BCUT2D eigenvalue weighted by atomic mass is 16.1. The average Bonchev–Trinajstić information content (AvgIpc) is 3.04. The van der Waals surface area contributed by atoms with Gasteiger partial charge >= 0.3 is 0 Å². The fourth-order valence-electron chi connectivity index (χ4n) is 4.09. The number of carbonyl (C=O) groups is 1. The van der Waals surface area contributed by atoms with Crippen LogP contribution < -0.4 is 10.6 Å². The Balaban J connectivity index is 1.60. The number of primary amides is 1. The molecule has 0 saturated carbocycles. The van der Waals surface area contributed by atoms with Gasteiger partial charge in [0.25, 0.3) is 5.91 Å². The molecule has 4 heteroatoms. The van der Waals surface area contributed by atoms with Crippen molar-refractivity contribution in [3.63, 3.8) is 0 Å². The number of pyridine rings is 1. The van der Waals surface area contributed by atoms with Crippen molar-refractivity contribution >= 4 is 17.2 Å². The van der Waals surface area contributed by atoms with Crippen LogP contribution in [0.4, 0.5) is 5.69 Å². The van der Waals surface area contributed by atoms with Crippen LogP contribution in [0, 0.1) is 5.92 Å². The van der Waals surface area contributed by atoms with Gasteiger partial charge in [0.05, 0.1) is 17.5 Å². The SMILES string of the molecule is C=C1C(C(N)=O)=CN(CC)c2cnc(CC3Cc4ccccc4C3)cc21. The Bertz CT molecular complexity index is 904. The molecule has 2 aromatic rings. The van der Waals surface area contributed by atoms with Gasteiger partial charge in [-0.2, -0.15) is 0 Å². The van der Waals surface area contributed by atoms with E-state index in [4.69, 9.17) is 10.7 Å². The molecule has 132 valence electrons. The second-order valence-corrected chi connectivity index (χ2v) is 7.11. The summed E-state index contributed by atoms with van der Waals surface area (Å²) in [4.78, 5) is 18.5. The summed E-state index contributed by atoms with van der Waals surface area (Å²) in [5, 5.41) is 0. The molecule has 26 heavy (non-hydrogen) atoms. The van der Waals surface area contributed by atoms with Crippen molar-refractivity contribution in [1.29, 1.82) is 0 Å². The number of anilines is 1. The molecule has 2 heterocycles. The van der Waals surface area contributed by atoms with E-state index in [0.29, 0.717) is 17.1 Å². The third-order valence-electron chi connectivity index (χ3n) is 5.42. The van der Waals surface area contributed by atoms with Gasteiger partial charge in [-0.3, -0.25) is 9.78 Å². The molecule has 2 N–H and O–H groups in total. The molecule has 4 nitrogen and oxygen atoms in total. The van der Waals surface area contributed by atoms with Crippen molar-refractivity contribution in [2.24, 2.45) is 11.7 Å². The lowest BCUT2D eigenvalue weighted by Crippen LogP contribution is -2.26.